The lowest BCUT2D eigenvalue weighted by atomic mass is 10.1. The molecule has 0 aliphatic carbocycles. The molecule has 1 amide bonds. The molecule has 6 nitrogen and oxygen atoms in total. The van der Waals surface area contributed by atoms with Crippen LogP contribution in [0.15, 0.2) is 83.9 Å². The summed E-state index contributed by atoms with van der Waals surface area (Å²) < 4.78 is 1.21. The van der Waals surface area contributed by atoms with Crippen LogP contribution in [0.4, 0.5) is 0 Å². The number of carbonyl (C=O) groups excluding carboxylic acids is 1. The standard InChI is InChI=1S/C22H18N4O2/c27-20(24-13-16-7-2-1-3-8-16)15-26-22(28)19-11-5-4-10-18(19)21(25-26)17-9-6-12-23-14-17/h1-12,14H,13,15H2,(H,24,27). The van der Waals surface area contributed by atoms with Crippen molar-refractivity contribution >= 4 is 16.7 Å². The quantitative estimate of drug-likeness (QED) is 0.586. The van der Waals surface area contributed by atoms with Gasteiger partial charge in [0.15, 0.2) is 0 Å². The highest BCUT2D eigenvalue weighted by molar-refractivity contribution is 5.93. The van der Waals surface area contributed by atoms with Crippen LogP contribution in [0.2, 0.25) is 0 Å². The number of carbonyl (C=O) groups is 1. The Balaban J connectivity index is 1.66. The van der Waals surface area contributed by atoms with Crippen LogP contribution in [0.5, 0.6) is 0 Å². The molecule has 28 heavy (non-hydrogen) atoms. The minimum atomic E-state index is -0.293. The van der Waals surface area contributed by atoms with Gasteiger partial charge in [-0.3, -0.25) is 14.6 Å². The molecule has 0 saturated heterocycles. The molecule has 0 spiro atoms. The van der Waals surface area contributed by atoms with E-state index in [0.29, 0.717) is 17.6 Å². The summed E-state index contributed by atoms with van der Waals surface area (Å²) in [5.41, 5.74) is 2.11. The fourth-order valence-electron chi connectivity index (χ4n) is 3.05. The normalized spacial score (nSPS) is 10.7. The highest BCUT2D eigenvalue weighted by Crippen LogP contribution is 2.23. The van der Waals surface area contributed by atoms with E-state index in [9.17, 15) is 9.59 Å². The van der Waals surface area contributed by atoms with Gasteiger partial charge >= 0.3 is 0 Å². The summed E-state index contributed by atoms with van der Waals surface area (Å²) in [7, 11) is 0. The molecule has 4 rings (SSSR count). The van der Waals surface area contributed by atoms with Gasteiger partial charge < -0.3 is 5.32 Å². The van der Waals surface area contributed by atoms with Gasteiger partial charge in [-0.05, 0) is 23.8 Å². The van der Waals surface area contributed by atoms with Gasteiger partial charge in [-0.2, -0.15) is 5.10 Å². The van der Waals surface area contributed by atoms with Crippen molar-refractivity contribution in [3.63, 3.8) is 0 Å². The van der Waals surface area contributed by atoms with Gasteiger partial charge in [0.1, 0.15) is 12.2 Å². The lowest BCUT2D eigenvalue weighted by Crippen LogP contribution is -2.33. The average molecular weight is 370 g/mol. The van der Waals surface area contributed by atoms with E-state index >= 15 is 0 Å². The van der Waals surface area contributed by atoms with Crippen LogP contribution in [0.3, 0.4) is 0 Å². The van der Waals surface area contributed by atoms with Gasteiger partial charge in [-0.1, -0.05) is 48.5 Å². The fraction of sp³-hybridized carbons (Fsp3) is 0.0909. The van der Waals surface area contributed by atoms with Crippen molar-refractivity contribution in [3.05, 3.63) is 95.0 Å². The van der Waals surface area contributed by atoms with Gasteiger partial charge in [0.25, 0.3) is 5.56 Å². The van der Waals surface area contributed by atoms with E-state index in [1.807, 2.05) is 54.6 Å². The Hall–Kier alpha value is -3.80. The first-order chi connectivity index (χ1) is 13.7. The third-order valence-corrected chi connectivity index (χ3v) is 4.43. The first-order valence-corrected chi connectivity index (χ1v) is 8.93. The Morgan fingerprint density at radius 1 is 0.929 bits per heavy atom. The zero-order valence-corrected chi connectivity index (χ0v) is 15.1. The molecule has 0 bridgehead atoms. The number of fused-ring (bicyclic) bond motifs is 1. The van der Waals surface area contributed by atoms with Gasteiger partial charge in [-0.15, -0.1) is 0 Å². The summed E-state index contributed by atoms with van der Waals surface area (Å²) in [6.07, 6.45) is 3.37. The van der Waals surface area contributed by atoms with Crippen molar-refractivity contribution in [2.45, 2.75) is 13.1 Å². The van der Waals surface area contributed by atoms with E-state index in [1.54, 1.807) is 24.5 Å². The van der Waals surface area contributed by atoms with E-state index in [4.69, 9.17) is 0 Å². The maximum absolute atomic E-state index is 12.8. The second-order valence-electron chi connectivity index (χ2n) is 6.36. The van der Waals surface area contributed by atoms with Crippen molar-refractivity contribution < 1.29 is 4.79 Å². The summed E-state index contributed by atoms with van der Waals surface area (Å²) in [5.74, 6) is -0.272. The number of hydrogen-bond donors (Lipinski definition) is 1. The first-order valence-electron chi connectivity index (χ1n) is 8.93. The van der Waals surface area contributed by atoms with Crippen molar-refractivity contribution in [2.24, 2.45) is 0 Å². The zero-order valence-electron chi connectivity index (χ0n) is 15.1. The molecular formula is C22H18N4O2. The topological polar surface area (TPSA) is 76.9 Å². The molecule has 0 aliphatic heterocycles. The summed E-state index contributed by atoms with van der Waals surface area (Å²) in [6, 6.07) is 20.6. The molecule has 4 aromatic rings. The van der Waals surface area contributed by atoms with E-state index in [2.05, 4.69) is 15.4 Å². The van der Waals surface area contributed by atoms with Crippen LogP contribution >= 0.6 is 0 Å². The summed E-state index contributed by atoms with van der Waals surface area (Å²) in [6.45, 7) is 0.251. The molecular weight excluding hydrogens is 352 g/mol. The second-order valence-corrected chi connectivity index (χ2v) is 6.36. The van der Waals surface area contributed by atoms with E-state index in [0.717, 1.165) is 16.5 Å². The average Bonchev–Trinajstić information content (AvgIpc) is 2.76. The number of aromatic nitrogens is 3. The molecule has 1 N–H and O–H groups in total. The zero-order chi connectivity index (χ0) is 19.3. The lowest BCUT2D eigenvalue weighted by Gasteiger charge is -2.11. The maximum atomic E-state index is 12.8. The molecule has 2 aromatic heterocycles. The summed E-state index contributed by atoms with van der Waals surface area (Å²) in [4.78, 5) is 29.4. The van der Waals surface area contributed by atoms with Gasteiger partial charge in [0.2, 0.25) is 5.91 Å². The summed E-state index contributed by atoms with van der Waals surface area (Å²) in [5, 5.41) is 8.56. The number of amides is 1. The Morgan fingerprint density at radius 2 is 1.68 bits per heavy atom. The van der Waals surface area contributed by atoms with Crippen molar-refractivity contribution in [3.8, 4) is 11.3 Å². The SMILES string of the molecule is O=C(Cn1nc(-c2cccnc2)c2ccccc2c1=O)NCc1ccccc1. The molecule has 0 saturated carbocycles. The lowest BCUT2D eigenvalue weighted by molar-refractivity contribution is -0.122. The summed E-state index contributed by atoms with van der Waals surface area (Å²) >= 11 is 0. The van der Waals surface area contributed by atoms with Crippen molar-refractivity contribution in [2.75, 3.05) is 0 Å². The maximum Gasteiger partial charge on any atom is 0.275 e. The van der Waals surface area contributed by atoms with Crippen LogP contribution in [-0.4, -0.2) is 20.7 Å². The third kappa shape index (κ3) is 3.66. The largest absolute Gasteiger partial charge is 0.350 e. The number of rotatable bonds is 5. The van der Waals surface area contributed by atoms with Crippen LogP contribution in [0, 0.1) is 0 Å². The molecule has 0 atom stereocenters. The predicted molar refractivity (Wildman–Crippen MR) is 108 cm³/mol. The van der Waals surface area contributed by atoms with Crippen molar-refractivity contribution in [1.82, 2.24) is 20.1 Å². The molecule has 2 heterocycles. The highest BCUT2D eigenvalue weighted by Gasteiger charge is 2.14. The second kappa shape index (κ2) is 7.84. The molecule has 0 fully saturated rings. The Kier molecular flexibility index (Phi) is 4.93. The van der Waals surface area contributed by atoms with Gasteiger partial charge in [0.05, 0.1) is 5.39 Å². The number of pyridine rings is 1. The monoisotopic (exact) mass is 370 g/mol. The number of nitrogens with zero attached hydrogens (tertiary/aromatic N) is 3. The number of nitrogens with one attached hydrogen (secondary N) is 1. The molecule has 0 unspecified atom stereocenters. The van der Waals surface area contributed by atoms with E-state index in [-0.39, 0.29) is 18.0 Å². The highest BCUT2D eigenvalue weighted by atomic mass is 16.2. The molecule has 0 aliphatic rings. The molecule has 138 valence electrons. The third-order valence-electron chi connectivity index (χ3n) is 4.43. The van der Waals surface area contributed by atoms with Crippen LogP contribution in [-0.2, 0) is 17.9 Å². The van der Waals surface area contributed by atoms with Gasteiger partial charge in [-0.25, -0.2) is 4.68 Å². The van der Waals surface area contributed by atoms with Crippen LogP contribution in [0.25, 0.3) is 22.0 Å². The Labute approximate surface area is 161 Å². The molecule has 0 radical (unpaired) electrons. The fourth-order valence-corrected chi connectivity index (χ4v) is 3.05. The predicted octanol–water partition coefficient (Wildman–Crippen LogP) is 2.77. The van der Waals surface area contributed by atoms with E-state index < -0.39 is 0 Å². The smallest absolute Gasteiger partial charge is 0.275 e. The van der Waals surface area contributed by atoms with Crippen LogP contribution < -0.4 is 10.9 Å². The molecule has 2 aromatic carbocycles. The Bertz CT molecular complexity index is 1170. The number of hydrogen-bond acceptors (Lipinski definition) is 4. The van der Waals surface area contributed by atoms with E-state index in [1.165, 1.54) is 4.68 Å². The first kappa shape index (κ1) is 17.6. The minimum Gasteiger partial charge on any atom is -0.350 e. The van der Waals surface area contributed by atoms with Crippen LogP contribution in [0.1, 0.15) is 5.56 Å². The Morgan fingerprint density at radius 3 is 2.43 bits per heavy atom. The van der Waals surface area contributed by atoms with Gasteiger partial charge in [0, 0.05) is 29.9 Å². The number of benzene rings is 2. The molecule has 6 heteroatoms. The van der Waals surface area contributed by atoms with Crippen molar-refractivity contribution in [1.29, 1.82) is 0 Å². The minimum absolute atomic E-state index is 0.149.